The molecule has 1 aromatic carbocycles. The van der Waals surface area contributed by atoms with Gasteiger partial charge in [-0.05, 0) is 49.4 Å². The van der Waals surface area contributed by atoms with E-state index in [0.29, 0.717) is 35.2 Å². The van der Waals surface area contributed by atoms with Gasteiger partial charge in [0.25, 0.3) is 5.91 Å². The molecule has 1 aliphatic heterocycles. The number of amides is 2. The number of rotatable bonds is 6. The molecule has 6 nitrogen and oxygen atoms in total. The predicted molar refractivity (Wildman–Crippen MR) is 100.0 cm³/mol. The van der Waals surface area contributed by atoms with Gasteiger partial charge in [0.2, 0.25) is 5.91 Å². The van der Waals surface area contributed by atoms with Gasteiger partial charge in [0.05, 0.1) is 5.02 Å². The first-order valence-corrected chi connectivity index (χ1v) is 9.14. The van der Waals surface area contributed by atoms with E-state index in [9.17, 15) is 9.59 Å². The lowest BCUT2D eigenvalue weighted by atomic mass is 9.93. The normalized spacial score (nSPS) is 17.3. The third-order valence-corrected chi connectivity index (χ3v) is 5.03. The molecule has 0 saturated carbocycles. The summed E-state index contributed by atoms with van der Waals surface area (Å²) in [6.07, 6.45) is 4.71. The maximum atomic E-state index is 12.5. The van der Waals surface area contributed by atoms with Crippen LogP contribution in [-0.2, 0) is 9.59 Å². The van der Waals surface area contributed by atoms with Crippen LogP contribution in [0.3, 0.4) is 0 Å². The van der Waals surface area contributed by atoms with Gasteiger partial charge in [0, 0.05) is 31.1 Å². The summed E-state index contributed by atoms with van der Waals surface area (Å²) in [5, 5.41) is 1.39. The van der Waals surface area contributed by atoms with E-state index in [0.717, 1.165) is 31.2 Å². The van der Waals surface area contributed by atoms with Gasteiger partial charge in [-0.25, -0.2) is 0 Å². The number of carbonyl (C=O) groups is 2. The molecule has 7 heteroatoms. The van der Waals surface area contributed by atoms with Crippen molar-refractivity contribution in [3.63, 3.8) is 0 Å². The second-order valence-electron chi connectivity index (χ2n) is 6.59. The SMILES string of the molecule is NC(=O)CCC1CCCN(C(=O)COc2ccc(Cl)c3cccnc23)C1. The van der Waals surface area contributed by atoms with Crippen LogP contribution < -0.4 is 10.5 Å². The number of piperidine rings is 1. The van der Waals surface area contributed by atoms with Gasteiger partial charge in [-0.1, -0.05) is 11.6 Å². The highest BCUT2D eigenvalue weighted by molar-refractivity contribution is 6.35. The van der Waals surface area contributed by atoms with E-state index in [1.807, 2.05) is 12.1 Å². The first kappa shape index (κ1) is 18.5. The average Bonchev–Trinajstić information content (AvgIpc) is 2.66. The van der Waals surface area contributed by atoms with E-state index in [1.165, 1.54) is 0 Å². The molecular formula is C19H22ClN3O3. The van der Waals surface area contributed by atoms with Gasteiger partial charge in [-0.3, -0.25) is 14.6 Å². The van der Waals surface area contributed by atoms with Crippen LogP contribution in [-0.4, -0.2) is 41.4 Å². The molecule has 2 aromatic rings. The summed E-state index contributed by atoms with van der Waals surface area (Å²) in [6, 6.07) is 7.15. The molecule has 138 valence electrons. The minimum Gasteiger partial charge on any atom is -0.481 e. The largest absolute Gasteiger partial charge is 0.481 e. The molecule has 0 bridgehead atoms. The molecule has 1 unspecified atom stereocenters. The van der Waals surface area contributed by atoms with E-state index < -0.39 is 0 Å². The zero-order valence-electron chi connectivity index (χ0n) is 14.5. The Morgan fingerprint density at radius 2 is 2.19 bits per heavy atom. The molecule has 26 heavy (non-hydrogen) atoms. The van der Waals surface area contributed by atoms with Crippen LogP contribution in [0.15, 0.2) is 30.5 Å². The van der Waals surface area contributed by atoms with Crippen molar-refractivity contribution in [1.82, 2.24) is 9.88 Å². The molecule has 2 N–H and O–H groups in total. The Balaban J connectivity index is 1.60. The Labute approximate surface area is 157 Å². The van der Waals surface area contributed by atoms with E-state index in [1.54, 1.807) is 23.2 Å². The quantitative estimate of drug-likeness (QED) is 0.841. The summed E-state index contributed by atoms with van der Waals surface area (Å²) in [5.41, 5.74) is 5.86. The van der Waals surface area contributed by atoms with E-state index in [-0.39, 0.29) is 18.4 Å². The van der Waals surface area contributed by atoms with Crippen LogP contribution >= 0.6 is 11.6 Å². The summed E-state index contributed by atoms with van der Waals surface area (Å²) in [5.74, 6) is 0.505. The van der Waals surface area contributed by atoms with Gasteiger partial charge in [0.15, 0.2) is 6.61 Å². The monoisotopic (exact) mass is 375 g/mol. The highest BCUT2D eigenvalue weighted by Crippen LogP contribution is 2.29. The zero-order valence-corrected chi connectivity index (χ0v) is 15.2. The second kappa shape index (κ2) is 8.36. The van der Waals surface area contributed by atoms with Gasteiger partial charge >= 0.3 is 0 Å². The minimum atomic E-state index is -0.293. The van der Waals surface area contributed by atoms with Gasteiger partial charge in [-0.15, -0.1) is 0 Å². The van der Waals surface area contributed by atoms with Crippen LogP contribution in [0.25, 0.3) is 10.9 Å². The number of hydrogen-bond acceptors (Lipinski definition) is 4. The maximum Gasteiger partial charge on any atom is 0.260 e. The van der Waals surface area contributed by atoms with Crippen LogP contribution in [0.4, 0.5) is 0 Å². The number of primary amides is 1. The molecule has 1 aromatic heterocycles. The number of hydrogen-bond donors (Lipinski definition) is 1. The van der Waals surface area contributed by atoms with Crippen LogP contribution in [0.5, 0.6) is 5.75 Å². The molecular weight excluding hydrogens is 354 g/mol. The summed E-state index contributed by atoms with van der Waals surface area (Å²) in [4.78, 5) is 29.6. The fraction of sp³-hybridized carbons (Fsp3) is 0.421. The van der Waals surface area contributed by atoms with Crippen molar-refractivity contribution in [2.75, 3.05) is 19.7 Å². The lowest BCUT2D eigenvalue weighted by Crippen LogP contribution is -2.42. The number of carbonyl (C=O) groups excluding carboxylic acids is 2. The second-order valence-corrected chi connectivity index (χ2v) is 6.99. The fourth-order valence-electron chi connectivity index (χ4n) is 3.33. The Morgan fingerprint density at radius 1 is 1.35 bits per heavy atom. The van der Waals surface area contributed by atoms with Crippen molar-refractivity contribution in [3.05, 3.63) is 35.5 Å². The van der Waals surface area contributed by atoms with Gasteiger partial charge < -0.3 is 15.4 Å². The van der Waals surface area contributed by atoms with Crippen molar-refractivity contribution < 1.29 is 14.3 Å². The standard InChI is InChI=1S/C19H22ClN3O3/c20-15-6-7-16(19-14(15)4-1-9-22-19)26-12-18(25)23-10-2-3-13(11-23)5-8-17(21)24/h1,4,6-7,9,13H,2-3,5,8,10-12H2,(H2,21,24). The third-order valence-electron chi connectivity index (χ3n) is 4.70. The Hall–Kier alpha value is -2.34. The number of pyridine rings is 1. The number of ether oxygens (including phenoxy) is 1. The van der Waals surface area contributed by atoms with Crippen molar-refractivity contribution >= 4 is 34.3 Å². The Kier molecular flexibility index (Phi) is 5.93. The minimum absolute atomic E-state index is 0.0458. The van der Waals surface area contributed by atoms with Gasteiger partial charge in [-0.2, -0.15) is 0 Å². The Bertz CT molecular complexity index is 812. The van der Waals surface area contributed by atoms with Crippen molar-refractivity contribution in [2.24, 2.45) is 11.7 Å². The summed E-state index contributed by atoms with van der Waals surface area (Å²) in [7, 11) is 0. The third kappa shape index (κ3) is 4.43. The lowest BCUT2D eigenvalue weighted by molar-refractivity contribution is -0.135. The molecule has 2 heterocycles. The average molecular weight is 376 g/mol. The number of aromatic nitrogens is 1. The molecule has 0 aliphatic carbocycles. The van der Waals surface area contributed by atoms with Crippen molar-refractivity contribution in [1.29, 1.82) is 0 Å². The fourth-order valence-corrected chi connectivity index (χ4v) is 3.55. The van der Waals surface area contributed by atoms with Crippen molar-refractivity contribution in [3.8, 4) is 5.75 Å². The first-order chi connectivity index (χ1) is 12.5. The number of fused-ring (bicyclic) bond motifs is 1. The Morgan fingerprint density at radius 3 is 3.00 bits per heavy atom. The molecule has 1 fully saturated rings. The summed E-state index contributed by atoms with van der Waals surface area (Å²) < 4.78 is 5.74. The van der Waals surface area contributed by atoms with Gasteiger partial charge in [0.1, 0.15) is 11.3 Å². The maximum absolute atomic E-state index is 12.5. The summed E-state index contributed by atoms with van der Waals surface area (Å²) in [6.45, 7) is 1.32. The van der Waals surface area contributed by atoms with E-state index >= 15 is 0 Å². The molecule has 1 aliphatic rings. The number of halogens is 1. The highest BCUT2D eigenvalue weighted by Gasteiger charge is 2.24. The number of nitrogens with zero attached hydrogens (tertiary/aromatic N) is 2. The molecule has 3 rings (SSSR count). The van der Waals surface area contributed by atoms with E-state index in [4.69, 9.17) is 22.1 Å². The molecule has 0 spiro atoms. The van der Waals surface area contributed by atoms with Crippen LogP contribution in [0.2, 0.25) is 5.02 Å². The lowest BCUT2D eigenvalue weighted by Gasteiger charge is -2.32. The molecule has 2 amide bonds. The van der Waals surface area contributed by atoms with E-state index in [2.05, 4.69) is 4.98 Å². The first-order valence-electron chi connectivity index (χ1n) is 8.76. The highest BCUT2D eigenvalue weighted by atomic mass is 35.5. The summed E-state index contributed by atoms with van der Waals surface area (Å²) >= 11 is 6.18. The molecule has 1 atom stereocenters. The smallest absolute Gasteiger partial charge is 0.260 e. The number of likely N-dealkylation sites (tertiary alicyclic amines) is 1. The van der Waals surface area contributed by atoms with Crippen LogP contribution in [0, 0.1) is 5.92 Å². The van der Waals surface area contributed by atoms with Crippen LogP contribution in [0.1, 0.15) is 25.7 Å². The number of nitrogens with two attached hydrogens (primary N) is 1. The van der Waals surface area contributed by atoms with Crippen molar-refractivity contribution in [2.45, 2.75) is 25.7 Å². The number of benzene rings is 1. The molecule has 0 radical (unpaired) electrons. The zero-order chi connectivity index (χ0) is 18.5. The molecule has 1 saturated heterocycles. The topological polar surface area (TPSA) is 85.5 Å². The predicted octanol–water partition coefficient (Wildman–Crippen LogP) is 2.77.